The lowest BCUT2D eigenvalue weighted by Crippen LogP contribution is -2.35. The van der Waals surface area contributed by atoms with Crippen LogP contribution in [-0.2, 0) is 4.79 Å². The van der Waals surface area contributed by atoms with Gasteiger partial charge in [-0.2, -0.15) is 5.26 Å². The van der Waals surface area contributed by atoms with Crippen molar-refractivity contribution in [3.63, 3.8) is 0 Å². The van der Waals surface area contributed by atoms with Crippen molar-refractivity contribution >= 4 is 17.3 Å². The first-order valence-corrected chi connectivity index (χ1v) is 6.96. The molecule has 0 unspecified atom stereocenters. The van der Waals surface area contributed by atoms with E-state index in [1.807, 2.05) is 13.8 Å². The highest BCUT2D eigenvalue weighted by molar-refractivity contribution is 5.97. The second kappa shape index (κ2) is 7.39. The molecule has 0 bridgehead atoms. The van der Waals surface area contributed by atoms with Crippen LogP contribution in [0.15, 0.2) is 24.3 Å². The van der Waals surface area contributed by atoms with E-state index < -0.39 is 10.3 Å². The van der Waals surface area contributed by atoms with E-state index in [4.69, 9.17) is 0 Å². The van der Waals surface area contributed by atoms with E-state index in [0.29, 0.717) is 18.5 Å². The third kappa shape index (κ3) is 4.02. The Morgan fingerprint density at radius 3 is 2.19 bits per heavy atom. The minimum absolute atomic E-state index is 0.0401. The fourth-order valence-electron chi connectivity index (χ4n) is 2.29. The van der Waals surface area contributed by atoms with Crippen molar-refractivity contribution < 1.29 is 9.72 Å². The molecule has 0 aromatic heterocycles. The van der Waals surface area contributed by atoms with Crippen molar-refractivity contribution in [1.29, 1.82) is 5.26 Å². The maximum Gasteiger partial charge on any atom is 0.269 e. The fraction of sp³-hybridized carbons (Fsp3) is 0.467. The van der Waals surface area contributed by atoms with Gasteiger partial charge in [-0.1, -0.05) is 26.7 Å². The molecule has 0 saturated heterocycles. The molecule has 0 fully saturated rings. The quantitative estimate of drug-likeness (QED) is 0.612. The highest BCUT2D eigenvalue weighted by Crippen LogP contribution is 2.31. The summed E-state index contributed by atoms with van der Waals surface area (Å²) in [7, 11) is 0. The van der Waals surface area contributed by atoms with Crippen molar-refractivity contribution in [2.45, 2.75) is 39.5 Å². The summed E-state index contributed by atoms with van der Waals surface area (Å²) in [5.41, 5.74) is -0.621. The Kier molecular flexibility index (Phi) is 5.85. The number of hydrogen-bond acceptors (Lipinski definition) is 4. The summed E-state index contributed by atoms with van der Waals surface area (Å²) in [5.74, 6) is -0.345. The highest BCUT2D eigenvalue weighted by Gasteiger charge is 2.36. The van der Waals surface area contributed by atoms with Gasteiger partial charge in [0.1, 0.15) is 5.41 Å². The monoisotopic (exact) mass is 289 g/mol. The molecule has 1 N–H and O–H groups in total. The molecule has 6 nitrogen and oxygen atoms in total. The third-order valence-corrected chi connectivity index (χ3v) is 3.34. The van der Waals surface area contributed by atoms with Gasteiger partial charge < -0.3 is 5.32 Å². The van der Waals surface area contributed by atoms with E-state index in [1.54, 1.807) is 0 Å². The van der Waals surface area contributed by atoms with Crippen molar-refractivity contribution in [2.24, 2.45) is 5.41 Å². The Labute approximate surface area is 123 Å². The van der Waals surface area contributed by atoms with Crippen LogP contribution in [0.25, 0.3) is 0 Å². The SMILES string of the molecule is CCCC(C#N)(CCC)C(=O)Nc1ccc([N+](=O)[O-])cc1. The summed E-state index contributed by atoms with van der Waals surface area (Å²) in [6.07, 6.45) is 2.47. The van der Waals surface area contributed by atoms with Gasteiger partial charge in [-0.3, -0.25) is 14.9 Å². The van der Waals surface area contributed by atoms with Crippen LogP contribution < -0.4 is 5.32 Å². The van der Waals surface area contributed by atoms with Crippen molar-refractivity contribution in [3.8, 4) is 6.07 Å². The number of nitrogens with zero attached hydrogens (tertiary/aromatic N) is 2. The van der Waals surface area contributed by atoms with E-state index in [0.717, 1.165) is 12.8 Å². The summed E-state index contributed by atoms with van der Waals surface area (Å²) >= 11 is 0. The summed E-state index contributed by atoms with van der Waals surface area (Å²) in [4.78, 5) is 22.5. The molecule has 0 radical (unpaired) electrons. The van der Waals surface area contributed by atoms with Crippen LogP contribution in [0.5, 0.6) is 0 Å². The lowest BCUT2D eigenvalue weighted by Gasteiger charge is -2.24. The van der Waals surface area contributed by atoms with E-state index in [1.165, 1.54) is 24.3 Å². The Bertz CT molecular complexity index is 540. The number of nitro groups is 1. The summed E-state index contributed by atoms with van der Waals surface area (Å²) in [5, 5.41) is 22.7. The second-order valence-corrected chi connectivity index (χ2v) is 4.95. The number of non-ortho nitro benzene ring substituents is 1. The number of carbonyl (C=O) groups is 1. The lowest BCUT2D eigenvalue weighted by atomic mass is 9.79. The van der Waals surface area contributed by atoms with Gasteiger partial charge in [-0.15, -0.1) is 0 Å². The Hall–Kier alpha value is -2.42. The fourth-order valence-corrected chi connectivity index (χ4v) is 2.29. The van der Waals surface area contributed by atoms with Crippen LogP contribution in [0, 0.1) is 26.9 Å². The maximum absolute atomic E-state index is 12.4. The van der Waals surface area contributed by atoms with Crippen molar-refractivity contribution in [2.75, 3.05) is 5.32 Å². The normalized spacial score (nSPS) is 10.7. The van der Waals surface area contributed by atoms with Gasteiger partial charge in [0.05, 0.1) is 11.0 Å². The van der Waals surface area contributed by atoms with E-state index in [9.17, 15) is 20.2 Å². The van der Waals surface area contributed by atoms with Gasteiger partial charge in [0.2, 0.25) is 5.91 Å². The summed E-state index contributed by atoms with van der Waals surface area (Å²) < 4.78 is 0. The molecule has 1 aromatic carbocycles. The lowest BCUT2D eigenvalue weighted by molar-refractivity contribution is -0.384. The first kappa shape index (κ1) is 16.6. The highest BCUT2D eigenvalue weighted by atomic mass is 16.6. The average Bonchev–Trinajstić information content (AvgIpc) is 2.47. The third-order valence-electron chi connectivity index (χ3n) is 3.34. The first-order valence-electron chi connectivity index (χ1n) is 6.96. The first-order chi connectivity index (χ1) is 9.99. The molecule has 1 aromatic rings. The molecule has 0 aliphatic carbocycles. The number of rotatable bonds is 7. The molecule has 0 heterocycles. The summed E-state index contributed by atoms with van der Waals surface area (Å²) in [6, 6.07) is 7.73. The molecular weight excluding hydrogens is 270 g/mol. The van der Waals surface area contributed by atoms with E-state index in [2.05, 4.69) is 11.4 Å². The van der Waals surface area contributed by atoms with Gasteiger partial charge in [0.25, 0.3) is 5.69 Å². The molecule has 112 valence electrons. The van der Waals surface area contributed by atoms with Gasteiger partial charge >= 0.3 is 0 Å². The number of benzene rings is 1. The van der Waals surface area contributed by atoms with Gasteiger partial charge in [-0.05, 0) is 25.0 Å². The topological polar surface area (TPSA) is 96.0 Å². The zero-order valence-electron chi connectivity index (χ0n) is 12.3. The largest absolute Gasteiger partial charge is 0.325 e. The number of nitrogens with one attached hydrogen (secondary N) is 1. The number of carbonyl (C=O) groups excluding carboxylic acids is 1. The predicted octanol–water partition coefficient (Wildman–Crippen LogP) is 3.64. The molecule has 0 spiro atoms. The molecule has 0 atom stereocenters. The molecular formula is C15H19N3O3. The molecule has 0 aliphatic rings. The van der Waals surface area contributed by atoms with Crippen LogP contribution in [-0.4, -0.2) is 10.8 Å². The van der Waals surface area contributed by atoms with Crippen LogP contribution >= 0.6 is 0 Å². The van der Waals surface area contributed by atoms with Crippen LogP contribution in [0.2, 0.25) is 0 Å². The zero-order valence-corrected chi connectivity index (χ0v) is 12.3. The van der Waals surface area contributed by atoms with Crippen molar-refractivity contribution in [1.82, 2.24) is 0 Å². The number of nitro benzene ring substituents is 1. The van der Waals surface area contributed by atoms with Gasteiger partial charge in [0, 0.05) is 17.8 Å². The minimum atomic E-state index is -1.04. The van der Waals surface area contributed by atoms with Gasteiger partial charge in [-0.25, -0.2) is 0 Å². The van der Waals surface area contributed by atoms with Gasteiger partial charge in [0.15, 0.2) is 0 Å². The number of anilines is 1. The van der Waals surface area contributed by atoms with E-state index >= 15 is 0 Å². The zero-order chi connectivity index (χ0) is 15.9. The standard InChI is InChI=1S/C15H19N3O3/c1-3-9-15(11-16,10-4-2)14(19)17-12-5-7-13(8-6-12)18(20)21/h5-8H,3-4,9-10H2,1-2H3,(H,17,19). The van der Waals surface area contributed by atoms with Crippen LogP contribution in [0.3, 0.4) is 0 Å². The Morgan fingerprint density at radius 1 is 1.29 bits per heavy atom. The Balaban J connectivity index is 2.91. The van der Waals surface area contributed by atoms with Crippen LogP contribution in [0.1, 0.15) is 39.5 Å². The Morgan fingerprint density at radius 2 is 1.81 bits per heavy atom. The molecule has 21 heavy (non-hydrogen) atoms. The number of amides is 1. The smallest absolute Gasteiger partial charge is 0.269 e. The van der Waals surface area contributed by atoms with Crippen molar-refractivity contribution in [3.05, 3.63) is 34.4 Å². The average molecular weight is 289 g/mol. The summed E-state index contributed by atoms with van der Waals surface area (Å²) in [6.45, 7) is 3.86. The minimum Gasteiger partial charge on any atom is -0.325 e. The van der Waals surface area contributed by atoms with E-state index in [-0.39, 0.29) is 11.6 Å². The molecule has 0 saturated carbocycles. The molecule has 6 heteroatoms. The molecule has 0 aliphatic heterocycles. The predicted molar refractivity (Wildman–Crippen MR) is 79.6 cm³/mol. The second-order valence-electron chi connectivity index (χ2n) is 4.95. The number of nitriles is 1. The molecule has 1 rings (SSSR count). The molecule has 1 amide bonds. The van der Waals surface area contributed by atoms with Crippen LogP contribution in [0.4, 0.5) is 11.4 Å². The number of hydrogen-bond donors (Lipinski definition) is 1. The maximum atomic E-state index is 12.4.